The minimum Gasteiger partial charge on any atom is -0.454 e. The molecular weight excluding hydrogens is 334 g/mol. The van der Waals surface area contributed by atoms with Crippen LogP contribution >= 0.6 is 15.9 Å². The predicted octanol–water partition coefficient (Wildman–Crippen LogP) is 3.67. The van der Waals surface area contributed by atoms with Gasteiger partial charge >= 0.3 is 0 Å². The Bertz CT molecular complexity index is 734. The Morgan fingerprint density at radius 2 is 1.86 bits per heavy atom. The number of nitrogens with zero attached hydrogens (tertiary/aromatic N) is 1. The van der Waals surface area contributed by atoms with Crippen molar-refractivity contribution in [3.63, 3.8) is 0 Å². The molecule has 0 amide bonds. The topological polar surface area (TPSA) is 59.3 Å². The lowest BCUT2D eigenvalue weighted by Gasteiger charge is -2.09. The highest BCUT2D eigenvalue weighted by molar-refractivity contribution is 9.10. The monoisotopic (exact) mass is 343 g/mol. The zero-order valence-corrected chi connectivity index (χ0v) is 12.5. The molecule has 2 aromatic rings. The van der Waals surface area contributed by atoms with Crippen molar-refractivity contribution >= 4 is 21.7 Å². The first-order valence-electron chi connectivity index (χ1n) is 6.28. The zero-order chi connectivity index (χ0) is 14.8. The molecule has 1 unspecified atom stereocenters. The standard InChI is InChI=1S/C16H10BrNO3/c17-12-4-1-10(2-5-12)13(8-18)16(19)11-3-6-14-15(7-11)21-9-20-14/h1-7,13H,9H2. The van der Waals surface area contributed by atoms with Gasteiger partial charge in [0.15, 0.2) is 17.3 Å². The molecule has 1 aliphatic heterocycles. The lowest BCUT2D eigenvalue weighted by Crippen LogP contribution is -2.11. The third kappa shape index (κ3) is 2.63. The average Bonchev–Trinajstić information content (AvgIpc) is 2.97. The summed E-state index contributed by atoms with van der Waals surface area (Å²) in [5.41, 5.74) is 1.11. The zero-order valence-electron chi connectivity index (χ0n) is 10.9. The van der Waals surface area contributed by atoms with Gasteiger partial charge in [-0.15, -0.1) is 0 Å². The van der Waals surface area contributed by atoms with E-state index in [1.807, 2.05) is 12.1 Å². The molecule has 1 heterocycles. The molecule has 0 saturated carbocycles. The van der Waals surface area contributed by atoms with Gasteiger partial charge in [0.2, 0.25) is 6.79 Å². The molecule has 0 saturated heterocycles. The fourth-order valence-corrected chi connectivity index (χ4v) is 2.42. The van der Waals surface area contributed by atoms with Crippen LogP contribution in [0.15, 0.2) is 46.9 Å². The largest absolute Gasteiger partial charge is 0.454 e. The second-order valence-electron chi connectivity index (χ2n) is 4.55. The van der Waals surface area contributed by atoms with Gasteiger partial charge in [-0.1, -0.05) is 28.1 Å². The summed E-state index contributed by atoms with van der Waals surface area (Å²) in [6.45, 7) is 0.154. The average molecular weight is 344 g/mol. The summed E-state index contributed by atoms with van der Waals surface area (Å²) in [7, 11) is 0. The Morgan fingerprint density at radius 3 is 2.57 bits per heavy atom. The lowest BCUT2D eigenvalue weighted by atomic mass is 9.92. The van der Waals surface area contributed by atoms with Gasteiger partial charge in [-0.3, -0.25) is 4.79 Å². The van der Waals surface area contributed by atoms with Crippen molar-refractivity contribution in [2.24, 2.45) is 0 Å². The lowest BCUT2D eigenvalue weighted by molar-refractivity contribution is 0.0978. The SMILES string of the molecule is N#CC(C(=O)c1ccc2c(c1)OCO2)c1ccc(Br)cc1. The molecule has 1 aliphatic rings. The maximum atomic E-state index is 12.5. The highest BCUT2D eigenvalue weighted by Crippen LogP contribution is 2.34. The second-order valence-corrected chi connectivity index (χ2v) is 5.46. The number of hydrogen-bond acceptors (Lipinski definition) is 4. The number of ether oxygens (including phenoxy) is 2. The molecule has 0 fully saturated rings. The van der Waals surface area contributed by atoms with E-state index in [-0.39, 0.29) is 12.6 Å². The highest BCUT2D eigenvalue weighted by atomic mass is 79.9. The Kier molecular flexibility index (Phi) is 3.63. The smallest absolute Gasteiger partial charge is 0.231 e. The normalized spacial score (nSPS) is 13.5. The fraction of sp³-hybridized carbons (Fsp3) is 0.125. The molecule has 3 rings (SSSR count). The molecule has 0 N–H and O–H groups in total. The van der Waals surface area contributed by atoms with Crippen LogP contribution in [0.3, 0.4) is 0 Å². The van der Waals surface area contributed by atoms with Gasteiger partial charge in [-0.2, -0.15) is 5.26 Å². The summed E-state index contributed by atoms with van der Waals surface area (Å²) in [6, 6.07) is 14.2. The number of benzene rings is 2. The van der Waals surface area contributed by atoms with Crippen LogP contribution in [0.25, 0.3) is 0 Å². The number of nitriles is 1. The van der Waals surface area contributed by atoms with Crippen molar-refractivity contribution in [3.8, 4) is 17.6 Å². The van der Waals surface area contributed by atoms with E-state index < -0.39 is 5.92 Å². The number of Topliss-reactive ketones (excluding diaryl/α,β-unsaturated/α-hetero) is 1. The molecule has 0 spiro atoms. The molecule has 0 bridgehead atoms. The molecule has 1 atom stereocenters. The van der Waals surface area contributed by atoms with Gasteiger partial charge in [0.05, 0.1) is 6.07 Å². The van der Waals surface area contributed by atoms with Gasteiger partial charge in [-0.05, 0) is 35.9 Å². The first-order chi connectivity index (χ1) is 10.2. The molecule has 4 nitrogen and oxygen atoms in total. The first-order valence-corrected chi connectivity index (χ1v) is 7.07. The van der Waals surface area contributed by atoms with E-state index in [0.717, 1.165) is 4.47 Å². The summed E-state index contributed by atoms with van der Waals surface area (Å²) < 4.78 is 11.4. The van der Waals surface area contributed by atoms with E-state index in [1.165, 1.54) is 0 Å². The Balaban J connectivity index is 1.92. The van der Waals surface area contributed by atoms with Crippen LogP contribution in [-0.2, 0) is 0 Å². The van der Waals surface area contributed by atoms with Crippen LogP contribution in [-0.4, -0.2) is 12.6 Å². The fourth-order valence-electron chi connectivity index (χ4n) is 2.16. The minimum atomic E-state index is -0.835. The summed E-state index contributed by atoms with van der Waals surface area (Å²) in [5, 5.41) is 9.34. The Hall–Kier alpha value is -2.32. The Labute approximate surface area is 130 Å². The van der Waals surface area contributed by atoms with Crippen molar-refractivity contribution in [3.05, 3.63) is 58.1 Å². The molecule has 0 aliphatic carbocycles. The second kappa shape index (κ2) is 5.58. The first kappa shape index (κ1) is 13.7. The van der Waals surface area contributed by atoms with E-state index in [4.69, 9.17) is 9.47 Å². The minimum absolute atomic E-state index is 0.154. The quantitative estimate of drug-likeness (QED) is 0.797. The number of halogens is 1. The van der Waals surface area contributed by atoms with Gasteiger partial charge < -0.3 is 9.47 Å². The van der Waals surface area contributed by atoms with Crippen LogP contribution in [0.4, 0.5) is 0 Å². The number of carbonyl (C=O) groups is 1. The van der Waals surface area contributed by atoms with Gasteiger partial charge in [0, 0.05) is 10.0 Å². The Morgan fingerprint density at radius 1 is 1.14 bits per heavy atom. The third-order valence-electron chi connectivity index (χ3n) is 3.25. The van der Waals surface area contributed by atoms with Gasteiger partial charge in [0.25, 0.3) is 0 Å². The van der Waals surface area contributed by atoms with Crippen LogP contribution in [0.2, 0.25) is 0 Å². The number of carbonyl (C=O) groups excluding carboxylic acids is 1. The summed E-state index contributed by atoms with van der Waals surface area (Å²) >= 11 is 3.33. The van der Waals surface area contributed by atoms with Crippen molar-refractivity contribution in [1.82, 2.24) is 0 Å². The summed E-state index contributed by atoms with van der Waals surface area (Å²) in [6.07, 6.45) is 0. The molecular formula is C16H10BrNO3. The number of fused-ring (bicyclic) bond motifs is 1. The molecule has 0 aromatic heterocycles. The van der Waals surface area contributed by atoms with Crippen molar-refractivity contribution in [2.75, 3.05) is 6.79 Å². The van der Waals surface area contributed by atoms with E-state index in [9.17, 15) is 10.1 Å². The molecule has 21 heavy (non-hydrogen) atoms. The van der Waals surface area contributed by atoms with Crippen LogP contribution < -0.4 is 9.47 Å². The predicted molar refractivity (Wildman–Crippen MR) is 79.4 cm³/mol. The van der Waals surface area contributed by atoms with Gasteiger partial charge in [0.1, 0.15) is 5.92 Å². The maximum Gasteiger partial charge on any atom is 0.231 e. The summed E-state index contributed by atoms with van der Waals surface area (Å²) in [5.74, 6) is 0.0636. The number of hydrogen-bond donors (Lipinski definition) is 0. The van der Waals surface area contributed by atoms with Crippen LogP contribution in [0.5, 0.6) is 11.5 Å². The van der Waals surface area contributed by atoms with E-state index in [1.54, 1.807) is 30.3 Å². The van der Waals surface area contributed by atoms with Crippen molar-refractivity contribution < 1.29 is 14.3 Å². The maximum absolute atomic E-state index is 12.5. The van der Waals surface area contributed by atoms with Gasteiger partial charge in [-0.25, -0.2) is 0 Å². The molecule has 104 valence electrons. The number of ketones is 1. The van der Waals surface area contributed by atoms with Crippen molar-refractivity contribution in [1.29, 1.82) is 5.26 Å². The van der Waals surface area contributed by atoms with E-state index >= 15 is 0 Å². The van der Waals surface area contributed by atoms with Crippen LogP contribution in [0, 0.1) is 11.3 Å². The molecule has 0 radical (unpaired) electrons. The van der Waals surface area contributed by atoms with E-state index in [2.05, 4.69) is 22.0 Å². The molecule has 2 aromatic carbocycles. The van der Waals surface area contributed by atoms with Crippen molar-refractivity contribution in [2.45, 2.75) is 5.92 Å². The molecule has 5 heteroatoms. The number of rotatable bonds is 3. The highest BCUT2D eigenvalue weighted by Gasteiger charge is 2.24. The van der Waals surface area contributed by atoms with E-state index in [0.29, 0.717) is 22.6 Å². The van der Waals surface area contributed by atoms with Crippen LogP contribution in [0.1, 0.15) is 21.8 Å². The third-order valence-corrected chi connectivity index (χ3v) is 3.78. The summed E-state index contributed by atoms with van der Waals surface area (Å²) in [4.78, 5) is 12.5.